The highest BCUT2D eigenvalue weighted by atomic mass is 35.5. The molecular formula is C13H16ClNO5. The molecule has 0 bridgehead atoms. The van der Waals surface area contributed by atoms with Gasteiger partial charge in [-0.15, -0.1) is 0 Å². The minimum absolute atomic E-state index is 0.0683. The molecule has 1 N–H and O–H groups in total. The van der Waals surface area contributed by atoms with Crippen LogP contribution >= 0.6 is 11.6 Å². The van der Waals surface area contributed by atoms with Crippen LogP contribution in [0.3, 0.4) is 0 Å². The van der Waals surface area contributed by atoms with E-state index in [0.717, 1.165) is 0 Å². The molecule has 0 aromatic heterocycles. The predicted octanol–water partition coefficient (Wildman–Crippen LogP) is 3.58. The van der Waals surface area contributed by atoms with Crippen LogP contribution in [0.25, 0.3) is 0 Å². The van der Waals surface area contributed by atoms with Gasteiger partial charge in [-0.25, -0.2) is 9.59 Å². The number of carbonyl (C=O) groups excluding carboxylic acids is 2. The van der Waals surface area contributed by atoms with Crippen molar-refractivity contribution < 1.29 is 23.8 Å². The third-order valence-electron chi connectivity index (χ3n) is 2.19. The van der Waals surface area contributed by atoms with Crippen molar-refractivity contribution in [2.24, 2.45) is 0 Å². The second-order valence-corrected chi connectivity index (χ2v) is 4.06. The fourth-order valence-corrected chi connectivity index (χ4v) is 1.57. The van der Waals surface area contributed by atoms with Crippen molar-refractivity contribution in [3.05, 3.63) is 28.8 Å². The van der Waals surface area contributed by atoms with E-state index in [0.29, 0.717) is 16.3 Å². The standard InChI is InChI=1S/C13H16ClNO5/c1-3-18-12(16)15-11-6-5-10(14)7-9(11)8-20-13(17)19-4-2/h5-7H,3-4,8H2,1-2H3,(H,15,16). The highest BCUT2D eigenvalue weighted by molar-refractivity contribution is 6.30. The highest BCUT2D eigenvalue weighted by Crippen LogP contribution is 2.22. The van der Waals surface area contributed by atoms with Gasteiger partial charge in [-0.2, -0.15) is 0 Å². The fraction of sp³-hybridized carbons (Fsp3) is 0.385. The van der Waals surface area contributed by atoms with Crippen LogP contribution in [-0.4, -0.2) is 25.5 Å². The zero-order valence-corrected chi connectivity index (χ0v) is 12.0. The molecule has 110 valence electrons. The minimum Gasteiger partial charge on any atom is -0.450 e. The maximum atomic E-state index is 11.4. The van der Waals surface area contributed by atoms with Gasteiger partial charge in [0.15, 0.2) is 0 Å². The third kappa shape index (κ3) is 5.36. The first-order chi connectivity index (χ1) is 9.56. The summed E-state index contributed by atoms with van der Waals surface area (Å²) in [6.45, 7) is 3.79. The largest absolute Gasteiger partial charge is 0.508 e. The number of rotatable bonds is 5. The van der Waals surface area contributed by atoms with Crippen molar-refractivity contribution in [3.8, 4) is 0 Å². The lowest BCUT2D eigenvalue weighted by Crippen LogP contribution is -2.15. The van der Waals surface area contributed by atoms with E-state index < -0.39 is 12.2 Å². The molecule has 1 aromatic rings. The summed E-state index contributed by atoms with van der Waals surface area (Å²) < 4.78 is 14.3. The quantitative estimate of drug-likeness (QED) is 0.841. The number of nitrogens with one attached hydrogen (secondary N) is 1. The van der Waals surface area contributed by atoms with E-state index in [4.69, 9.17) is 21.1 Å². The summed E-state index contributed by atoms with van der Waals surface area (Å²) in [7, 11) is 0. The van der Waals surface area contributed by atoms with Crippen LogP contribution in [0.1, 0.15) is 19.4 Å². The van der Waals surface area contributed by atoms with Crippen LogP contribution < -0.4 is 5.32 Å². The molecule has 1 rings (SSSR count). The Hall–Kier alpha value is -1.95. The summed E-state index contributed by atoms with van der Waals surface area (Å²) in [5.74, 6) is 0. The number of anilines is 1. The van der Waals surface area contributed by atoms with E-state index in [1.807, 2.05) is 0 Å². The molecule has 6 nitrogen and oxygen atoms in total. The molecule has 0 heterocycles. The molecule has 0 aliphatic rings. The van der Waals surface area contributed by atoms with Crippen molar-refractivity contribution in [1.29, 1.82) is 0 Å². The van der Waals surface area contributed by atoms with Crippen LogP contribution in [0, 0.1) is 0 Å². The number of halogens is 1. The van der Waals surface area contributed by atoms with Crippen LogP contribution in [0.5, 0.6) is 0 Å². The van der Waals surface area contributed by atoms with Crippen molar-refractivity contribution in [1.82, 2.24) is 0 Å². The lowest BCUT2D eigenvalue weighted by molar-refractivity contribution is 0.0537. The summed E-state index contributed by atoms with van der Waals surface area (Å²) >= 11 is 5.88. The van der Waals surface area contributed by atoms with Crippen molar-refractivity contribution in [3.63, 3.8) is 0 Å². The lowest BCUT2D eigenvalue weighted by atomic mass is 10.2. The Morgan fingerprint density at radius 1 is 1.15 bits per heavy atom. The highest BCUT2D eigenvalue weighted by Gasteiger charge is 2.11. The average Bonchev–Trinajstić information content (AvgIpc) is 2.39. The van der Waals surface area contributed by atoms with Crippen LogP contribution in [0.2, 0.25) is 5.02 Å². The molecule has 20 heavy (non-hydrogen) atoms. The van der Waals surface area contributed by atoms with Crippen LogP contribution in [0.4, 0.5) is 15.3 Å². The summed E-state index contributed by atoms with van der Waals surface area (Å²) in [6, 6.07) is 4.79. The Balaban J connectivity index is 2.74. The molecular weight excluding hydrogens is 286 g/mol. The second kappa shape index (κ2) is 8.27. The monoisotopic (exact) mass is 301 g/mol. The molecule has 0 unspecified atom stereocenters. The maximum Gasteiger partial charge on any atom is 0.508 e. The van der Waals surface area contributed by atoms with E-state index in [1.165, 1.54) is 0 Å². The van der Waals surface area contributed by atoms with Gasteiger partial charge in [-0.05, 0) is 32.0 Å². The molecule has 1 aromatic carbocycles. The normalized spacial score (nSPS) is 9.75. The van der Waals surface area contributed by atoms with Gasteiger partial charge in [0.25, 0.3) is 0 Å². The molecule has 0 aliphatic carbocycles. The van der Waals surface area contributed by atoms with Gasteiger partial charge >= 0.3 is 12.2 Å². The number of hydrogen-bond acceptors (Lipinski definition) is 5. The molecule has 0 fully saturated rings. The summed E-state index contributed by atoms with van der Waals surface area (Å²) in [6.07, 6.45) is -1.37. The molecule has 0 saturated heterocycles. The smallest absolute Gasteiger partial charge is 0.450 e. The average molecular weight is 302 g/mol. The van der Waals surface area contributed by atoms with Crippen molar-refractivity contribution in [2.45, 2.75) is 20.5 Å². The summed E-state index contributed by atoms with van der Waals surface area (Å²) in [4.78, 5) is 22.5. The van der Waals surface area contributed by atoms with Gasteiger partial charge in [0.1, 0.15) is 6.61 Å². The minimum atomic E-state index is -0.783. The van der Waals surface area contributed by atoms with Gasteiger partial charge in [-0.1, -0.05) is 11.6 Å². The first-order valence-corrected chi connectivity index (χ1v) is 6.46. The van der Waals surface area contributed by atoms with Crippen molar-refractivity contribution >= 4 is 29.5 Å². The summed E-state index contributed by atoms with van der Waals surface area (Å²) in [5, 5.41) is 3.00. The molecule has 0 spiro atoms. The number of ether oxygens (including phenoxy) is 3. The Labute approximate surface area is 122 Å². The topological polar surface area (TPSA) is 73.9 Å². The Bertz CT molecular complexity index is 478. The Morgan fingerprint density at radius 3 is 2.50 bits per heavy atom. The summed E-state index contributed by atoms with van der Waals surface area (Å²) in [5.41, 5.74) is 0.996. The number of benzene rings is 1. The van der Waals surface area contributed by atoms with Crippen molar-refractivity contribution in [2.75, 3.05) is 18.5 Å². The Kier molecular flexibility index (Phi) is 6.66. The first kappa shape index (κ1) is 16.1. The van der Waals surface area contributed by atoms with Crippen LogP contribution in [0.15, 0.2) is 18.2 Å². The van der Waals surface area contributed by atoms with E-state index in [1.54, 1.807) is 32.0 Å². The number of amides is 1. The fourth-order valence-electron chi connectivity index (χ4n) is 1.38. The number of hydrogen-bond donors (Lipinski definition) is 1. The zero-order chi connectivity index (χ0) is 15.0. The van der Waals surface area contributed by atoms with E-state index >= 15 is 0 Å². The molecule has 0 radical (unpaired) electrons. The zero-order valence-electron chi connectivity index (χ0n) is 11.3. The molecule has 0 aliphatic heterocycles. The molecule has 1 amide bonds. The van der Waals surface area contributed by atoms with E-state index in [2.05, 4.69) is 10.1 Å². The molecule has 0 saturated carbocycles. The van der Waals surface area contributed by atoms with Gasteiger partial charge < -0.3 is 14.2 Å². The Morgan fingerprint density at radius 2 is 1.85 bits per heavy atom. The van der Waals surface area contributed by atoms with Crippen LogP contribution in [-0.2, 0) is 20.8 Å². The van der Waals surface area contributed by atoms with Gasteiger partial charge in [0, 0.05) is 10.6 Å². The first-order valence-electron chi connectivity index (χ1n) is 6.08. The lowest BCUT2D eigenvalue weighted by Gasteiger charge is -2.11. The third-order valence-corrected chi connectivity index (χ3v) is 2.42. The predicted molar refractivity (Wildman–Crippen MR) is 73.9 cm³/mol. The molecule has 0 atom stereocenters. The molecule has 7 heteroatoms. The SMILES string of the molecule is CCOC(=O)Nc1ccc(Cl)cc1COC(=O)OCC. The van der Waals surface area contributed by atoms with E-state index in [9.17, 15) is 9.59 Å². The number of carbonyl (C=O) groups is 2. The van der Waals surface area contributed by atoms with Gasteiger partial charge in [-0.3, -0.25) is 5.32 Å². The van der Waals surface area contributed by atoms with E-state index in [-0.39, 0.29) is 19.8 Å². The van der Waals surface area contributed by atoms with Gasteiger partial charge in [0.2, 0.25) is 0 Å². The maximum absolute atomic E-state index is 11.4. The second-order valence-electron chi connectivity index (χ2n) is 3.62. The van der Waals surface area contributed by atoms with Gasteiger partial charge in [0.05, 0.1) is 18.9 Å².